The molecule has 0 spiro atoms. The molecule has 1 saturated heterocycles. The van der Waals surface area contributed by atoms with Crippen LogP contribution < -0.4 is 5.32 Å². The van der Waals surface area contributed by atoms with Crippen LogP contribution in [0.15, 0.2) is 23.1 Å². The van der Waals surface area contributed by atoms with E-state index in [0.717, 1.165) is 18.6 Å². The molecule has 0 amide bonds. The molecule has 0 saturated carbocycles. The summed E-state index contributed by atoms with van der Waals surface area (Å²) in [7, 11) is -2.02. The highest BCUT2D eigenvalue weighted by molar-refractivity contribution is 7.89. The van der Waals surface area contributed by atoms with Crippen molar-refractivity contribution in [1.29, 1.82) is 0 Å². The Morgan fingerprint density at radius 2 is 2.16 bits per heavy atom. The average molecular weight is 329 g/mol. The summed E-state index contributed by atoms with van der Waals surface area (Å²) >= 11 is 5.72. The number of benzene rings is 1. The molecular weight excluding hydrogens is 314 g/mol. The van der Waals surface area contributed by atoms with Crippen molar-refractivity contribution in [3.05, 3.63) is 29.0 Å². The van der Waals surface area contributed by atoms with Crippen molar-refractivity contribution in [3.63, 3.8) is 0 Å². The summed E-state index contributed by atoms with van der Waals surface area (Å²) in [6.07, 6.45) is 0.720. The van der Waals surface area contributed by atoms with E-state index in [-0.39, 0.29) is 28.4 Å². The van der Waals surface area contributed by atoms with Crippen molar-refractivity contribution in [3.8, 4) is 0 Å². The summed E-state index contributed by atoms with van der Waals surface area (Å²) in [6.45, 7) is 0.741. The molecule has 1 aromatic carbocycles. The van der Waals surface area contributed by atoms with Crippen molar-refractivity contribution >= 4 is 34.0 Å². The molecule has 4 nitrogen and oxygen atoms in total. The first-order valence-electron chi connectivity index (χ1n) is 5.57. The summed E-state index contributed by atoms with van der Waals surface area (Å²) in [4.78, 5) is -0.355. The van der Waals surface area contributed by atoms with Crippen LogP contribution in [-0.2, 0) is 10.0 Å². The Hall–Kier alpha value is -0.400. The van der Waals surface area contributed by atoms with Gasteiger partial charge in [0.2, 0.25) is 10.0 Å². The van der Waals surface area contributed by atoms with E-state index in [2.05, 4.69) is 5.32 Å². The van der Waals surface area contributed by atoms with Crippen LogP contribution in [0.25, 0.3) is 0 Å². The minimum absolute atomic E-state index is 0. The highest BCUT2D eigenvalue weighted by Gasteiger charge is 2.33. The van der Waals surface area contributed by atoms with Crippen LogP contribution in [0.5, 0.6) is 0 Å². The van der Waals surface area contributed by atoms with Gasteiger partial charge in [-0.15, -0.1) is 12.4 Å². The first-order valence-corrected chi connectivity index (χ1v) is 7.39. The molecule has 1 aliphatic heterocycles. The van der Waals surface area contributed by atoms with Gasteiger partial charge in [-0.25, -0.2) is 12.8 Å². The fourth-order valence-electron chi connectivity index (χ4n) is 2.00. The molecule has 0 aliphatic carbocycles. The summed E-state index contributed by atoms with van der Waals surface area (Å²) in [6, 6.07) is 3.66. The number of hydrogen-bond acceptors (Lipinski definition) is 3. The Morgan fingerprint density at radius 3 is 2.74 bits per heavy atom. The lowest BCUT2D eigenvalue weighted by Gasteiger charge is -2.17. The summed E-state index contributed by atoms with van der Waals surface area (Å²) in [5, 5.41) is 3.23. The van der Waals surface area contributed by atoms with Crippen molar-refractivity contribution < 1.29 is 12.8 Å². The van der Waals surface area contributed by atoms with Gasteiger partial charge in [0.1, 0.15) is 10.7 Å². The van der Waals surface area contributed by atoms with Gasteiger partial charge in [-0.3, -0.25) is 0 Å². The maximum absolute atomic E-state index is 13.6. The fraction of sp³-hybridized carbons (Fsp3) is 0.455. The van der Waals surface area contributed by atoms with E-state index in [1.165, 1.54) is 10.4 Å². The molecule has 0 radical (unpaired) electrons. The second-order valence-corrected chi connectivity index (χ2v) is 6.55. The average Bonchev–Trinajstić information content (AvgIpc) is 2.81. The van der Waals surface area contributed by atoms with E-state index in [0.29, 0.717) is 13.1 Å². The Morgan fingerprint density at radius 1 is 1.47 bits per heavy atom. The lowest BCUT2D eigenvalue weighted by molar-refractivity contribution is 0.458. The number of sulfonamides is 1. The van der Waals surface area contributed by atoms with Crippen LogP contribution in [0, 0.1) is 5.82 Å². The number of likely N-dealkylation sites (N-methyl/N-ethyl adjacent to an activating group) is 1. The van der Waals surface area contributed by atoms with E-state index < -0.39 is 15.8 Å². The topological polar surface area (TPSA) is 49.4 Å². The van der Waals surface area contributed by atoms with Crippen molar-refractivity contribution in [2.45, 2.75) is 17.4 Å². The molecule has 0 aromatic heterocycles. The van der Waals surface area contributed by atoms with E-state index in [1.807, 2.05) is 0 Å². The molecule has 1 N–H and O–H groups in total. The highest BCUT2D eigenvalue weighted by atomic mass is 35.5. The lowest BCUT2D eigenvalue weighted by Crippen LogP contribution is -2.33. The number of nitrogens with one attached hydrogen (secondary N) is 1. The third-order valence-electron chi connectivity index (χ3n) is 3.07. The lowest BCUT2D eigenvalue weighted by atomic mass is 10.3. The number of halogens is 3. The zero-order chi connectivity index (χ0) is 13.3. The molecule has 1 aliphatic rings. The molecule has 108 valence electrons. The molecule has 1 aromatic rings. The molecule has 2 rings (SSSR count). The molecule has 1 atom stereocenters. The van der Waals surface area contributed by atoms with Crippen LogP contribution >= 0.6 is 24.0 Å². The molecule has 8 heteroatoms. The predicted octanol–water partition coefficient (Wildman–Crippen LogP) is 1.88. The van der Waals surface area contributed by atoms with Crippen LogP contribution in [0.4, 0.5) is 4.39 Å². The number of hydrogen-bond donors (Lipinski definition) is 1. The maximum Gasteiger partial charge on any atom is 0.246 e. The molecule has 19 heavy (non-hydrogen) atoms. The normalized spacial score (nSPS) is 20.3. The maximum atomic E-state index is 13.6. The second-order valence-electron chi connectivity index (χ2n) is 4.21. The van der Waals surface area contributed by atoms with Gasteiger partial charge in [0, 0.05) is 24.2 Å². The van der Waals surface area contributed by atoms with Crippen molar-refractivity contribution in [2.24, 2.45) is 0 Å². The van der Waals surface area contributed by atoms with E-state index in [4.69, 9.17) is 11.6 Å². The molecular formula is C11H15Cl2FN2O2S. The number of rotatable bonds is 3. The Balaban J connectivity index is 0.00000180. The van der Waals surface area contributed by atoms with Gasteiger partial charge in [0.15, 0.2) is 0 Å². The van der Waals surface area contributed by atoms with Gasteiger partial charge in [0.25, 0.3) is 0 Å². The summed E-state index contributed by atoms with van der Waals surface area (Å²) in [5.74, 6) is -0.771. The largest absolute Gasteiger partial charge is 0.316 e. The summed E-state index contributed by atoms with van der Waals surface area (Å²) in [5.41, 5.74) is 0. The third kappa shape index (κ3) is 3.38. The zero-order valence-corrected chi connectivity index (χ0v) is 12.7. The molecule has 0 bridgehead atoms. The second kappa shape index (κ2) is 6.37. The Kier molecular flexibility index (Phi) is 5.58. The minimum atomic E-state index is -3.80. The first-order chi connectivity index (χ1) is 8.45. The first kappa shape index (κ1) is 16.7. The van der Waals surface area contributed by atoms with Crippen molar-refractivity contribution in [2.75, 3.05) is 20.1 Å². The van der Waals surface area contributed by atoms with Crippen LogP contribution in [0.3, 0.4) is 0 Å². The van der Waals surface area contributed by atoms with Gasteiger partial charge < -0.3 is 5.32 Å². The van der Waals surface area contributed by atoms with E-state index in [9.17, 15) is 12.8 Å². The quantitative estimate of drug-likeness (QED) is 0.921. The SMILES string of the molecule is CNC1CCN(S(=O)(=O)c2cc(Cl)ccc2F)C1.Cl. The highest BCUT2D eigenvalue weighted by Crippen LogP contribution is 2.25. The minimum Gasteiger partial charge on any atom is -0.316 e. The van der Waals surface area contributed by atoms with Gasteiger partial charge >= 0.3 is 0 Å². The van der Waals surface area contributed by atoms with Gasteiger partial charge in [-0.2, -0.15) is 4.31 Å². The fourth-order valence-corrected chi connectivity index (χ4v) is 3.82. The predicted molar refractivity (Wildman–Crippen MR) is 74.9 cm³/mol. The van der Waals surface area contributed by atoms with Crippen molar-refractivity contribution in [1.82, 2.24) is 9.62 Å². The smallest absolute Gasteiger partial charge is 0.246 e. The zero-order valence-electron chi connectivity index (χ0n) is 10.3. The van der Waals surface area contributed by atoms with Gasteiger partial charge in [-0.05, 0) is 31.7 Å². The van der Waals surface area contributed by atoms with E-state index in [1.54, 1.807) is 7.05 Å². The number of nitrogens with zero attached hydrogens (tertiary/aromatic N) is 1. The standard InChI is InChI=1S/C11H14ClFN2O2S.ClH/c1-14-9-4-5-15(7-9)18(16,17)11-6-8(12)2-3-10(11)13;/h2-3,6,9,14H,4-5,7H2,1H3;1H. The summed E-state index contributed by atoms with van der Waals surface area (Å²) < 4.78 is 39.4. The van der Waals surface area contributed by atoms with Gasteiger partial charge in [-0.1, -0.05) is 11.6 Å². The molecule has 1 unspecified atom stereocenters. The van der Waals surface area contributed by atoms with Crippen LogP contribution in [-0.4, -0.2) is 38.9 Å². The Labute approximate surface area is 123 Å². The molecule has 1 heterocycles. The van der Waals surface area contributed by atoms with Crippen LogP contribution in [0.1, 0.15) is 6.42 Å². The Bertz CT molecular complexity index is 554. The monoisotopic (exact) mass is 328 g/mol. The van der Waals surface area contributed by atoms with Gasteiger partial charge in [0.05, 0.1) is 0 Å². The third-order valence-corrected chi connectivity index (χ3v) is 5.19. The van der Waals surface area contributed by atoms with Crippen LogP contribution in [0.2, 0.25) is 5.02 Å². The van der Waals surface area contributed by atoms with E-state index >= 15 is 0 Å². The molecule has 1 fully saturated rings.